The van der Waals surface area contributed by atoms with Crippen molar-refractivity contribution < 1.29 is 4.79 Å². The molecule has 1 aromatic rings. The van der Waals surface area contributed by atoms with Crippen molar-refractivity contribution in [1.29, 1.82) is 0 Å². The van der Waals surface area contributed by atoms with Crippen molar-refractivity contribution in [2.24, 2.45) is 7.05 Å². The van der Waals surface area contributed by atoms with Gasteiger partial charge in [0.15, 0.2) is 0 Å². The van der Waals surface area contributed by atoms with Gasteiger partial charge in [-0.15, -0.1) is 0 Å². The highest BCUT2D eigenvalue weighted by atomic mass is 16.1. The van der Waals surface area contributed by atoms with Crippen molar-refractivity contribution in [2.75, 3.05) is 13.1 Å². The summed E-state index contributed by atoms with van der Waals surface area (Å²) in [6.45, 7) is 3.99. The standard InChI is InChI=1S/C10H18N4O/c1-3-12-10(15)4-5-11-8-9-13-6-7-14(9)2/h6-7,11H,3-5,8H2,1-2H3,(H,12,15). The van der Waals surface area contributed by atoms with Crippen LogP contribution < -0.4 is 10.6 Å². The van der Waals surface area contributed by atoms with Crippen LogP contribution in [-0.4, -0.2) is 28.5 Å². The predicted molar refractivity (Wildman–Crippen MR) is 58.2 cm³/mol. The quantitative estimate of drug-likeness (QED) is 0.652. The molecular formula is C10H18N4O. The number of carbonyl (C=O) groups excluding carboxylic acids is 1. The van der Waals surface area contributed by atoms with Crippen molar-refractivity contribution in [1.82, 2.24) is 20.2 Å². The number of aromatic nitrogens is 2. The van der Waals surface area contributed by atoms with Gasteiger partial charge in [0.05, 0.1) is 6.54 Å². The fourth-order valence-corrected chi connectivity index (χ4v) is 1.25. The SMILES string of the molecule is CCNC(=O)CCNCc1nccn1C. The first-order valence-corrected chi connectivity index (χ1v) is 5.17. The number of hydrogen-bond acceptors (Lipinski definition) is 3. The lowest BCUT2D eigenvalue weighted by Gasteiger charge is -2.04. The molecule has 0 aromatic carbocycles. The van der Waals surface area contributed by atoms with Gasteiger partial charge in [-0.05, 0) is 6.92 Å². The zero-order valence-electron chi connectivity index (χ0n) is 9.29. The Bertz CT molecular complexity index is 308. The molecule has 1 aromatic heterocycles. The van der Waals surface area contributed by atoms with E-state index in [9.17, 15) is 4.79 Å². The minimum absolute atomic E-state index is 0.0878. The van der Waals surface area contributed by atoms with Gasteiger partial charge in [-0.1, -0.05) is 0 Å². The summed E-state index contributed by atoms with van der Waals surface area (Å²) in [4.78, 5) is 15.3. The molecule has 84 valence electrons. The average Bonchev–Trinajstić information content (AvgIpc) is 2.60. The summed E-state index contributed by atoms with van der Waals surface area (Å²) in [5, 5.41) is 5.92. The normalized spacial score (nSPS) is 10.3. The molecule has 0 aliphatic rings. The van der Waals surface area contributed by atoms with E-state index in [4.69, 9.17) is 0 Å². The van der Waals surface area contributed by atoms with E-state index in [1.165, 1.54) is 0 Å². The van der Waals surface area contributed by atoms with E-state index >= 15 is 0 Å². The van der Waals surface area contributed by atoms with Crippen molar-refractivity contribution in [2.45, 2.75) is 19.9 Å². The number of nitrogens with zero attached hydrogens (tertiary/aromatic N) is 2. The fourth-order valence-electron chi connectivity index (χ4n) is 1.25. The van der Waals surface area contributed by atoms with E-state index in [0.29, 0.717) is 26.1 Å². The topological polar surface area (TPSA) is 59.0 Å². The van der Waals surface area contributed by atoms with Gasteiger partial charge in [0.1, 0.15) is 5.82 Å². The summed E-state index contributed by atoms with van der Waals surface area (Å²) >= 11 is 0. The molecular weight excluding hydrogens is 192 g/mol. The highest BCUT2D eigenvalue weighted by molar-refractivity contribution is 5.75. The smallest absolute Gasteiger partial charge is 0.221 e. The Morgan fingerprint density at radius 3 is 3.00 bits per heavy atom. The van der Waals surface area contributed by atoms with Crippen molar-refractivity contribution in [3.8, 4) is 0 Å². The maximum absolute atomic E-state index is 11.1. The molecule has 1 heterocycles. The Kier molecular flexibility index (Phi) is 4.83. The molecule has 0 unspecified atom stereocenters. The second kappa shape index (κ2) is 6.19. The molecule has 15 heavy (non-hydrogen) atoms. The molecule has 5 nitrogen and oxygen atoms in total. The van der Waals surface area contributed by atoms with E-state index in [1.54, 1.807) is 6.20 Å². The van der Waals surface area contributed by atoms with Crippen LogP contribution in [0.3, 0.4) is 0 Å². The molecule has 0 fully saturated rings. The maximum atomic E-state index is 11.1. The van der Waals surface area contributed by atoms with Crippen LogP contribution in [0.1, 0.15) is 19.2 Å². The summed E-state index contributed by atoms with van der Waals surface area (Å²) in [7, 11) is 1.95. The number of hydrogen-bond donors (Lipinski definition) is 2. The monoisotopic (exact) mass is 210 g/mol. The van der Waals surface area contributed by atoms with E-state index in [0.717, 1.165) is 5.82 Å². The van der Waals surface area contributed by atoms with E-state index in [1.807, 2.05) is 24.7 Å². The van der Waals surface area contributed by atoms with Crippen LogP contribution in [-0.2, 0) is 18.4 Å². The van der Waals surface area contributed by atoms with E-state index in [2.05, 4.69) is 15.6 Å². The second-order valence-corrected chi connectivity index (χ2v) is 3.33. The van der Waals surface area contributed by atoms with Crippen molar-refractivity contribution >= 4 is 5.91 Å². The van der Waals surface area contributed by atoms with Gasteiger partial charge in [-0.25, -0.2) is 4.98 Å². The number of aryl methyl sites for hydroxylation is 1. The minimum Gasteiger partial charge on any atom is -0.356 e. The molecule has 2 N–H and O–H groups in total. The third-order valence-corrected chi connectivity index (χ3v) is 2.11. The summed E-state index contributed by atoms with van der Waals surface area (Å²) in [6.07, 6.45) is 4.18. The lowest BCUT2D eigenvalue weighted by Crippen LogP contribution is -2.27. The number of amides is 1. The number of carbonyl (C=O) groups is 1. The Hall–Kier alpha value is -1.36. The van der Waals surface area contributed by atoms with Gasteiger partial charge in [0.25, 0.3) is 0 Å². The Morgan fingerprint density at radius 1 is 1.60 bits per heavy atom. The lowest BCUT2D eigenvalue weighted by molar-refractivity contribution is -0.120. The van der Waals surface area contributed by atoms with Gasteiger partial charge in [-0.2, -0.15) is 0 Å². The highest BCUT2D eigenvalue weighted by Crippen LogP contribution is 1.92. The molecule has 0 aliphatic heterocycles. The van der Waals surface area contributed by atoms with Gasteiger partial charge in [0.2, 0.25) is 5.91 Å². The minimum atomic E-state index is 0.0878. The predicted octanol–water partition coefficient (Wildman–Crippen LogP) is 0.0359. The summed E-state index contributed by atoms with van der Waals surface area (Å²) in [5.74, 6) is 1.07. The first kappa shape index (κ1) is 11.7. The van der Waals surface area contributed by atoms with Gasteiger partial charge in [0, 0.05) is 39.0 Å². The summed E-state index contributed by atoms with van der Waals surface area (Å²) in [5.41, 5.74) is 0. The molecule has 0 radical (unpaired) electrons. The Balaban J connectivity index is 2.12. The van der Waals surface area contributed by atoms with Crippen molar-refractivity contribution in [3.63, 3.8) is 0 Å². The molecule has 1 rings (SSSR count). The van der Waals surface area contributed by atoms with Crippen LogP contribution in [0.4, 0.5) is 0 Å². The molecule has 0 atom stereocenters. The fraction of sp³-hybridized carbons (Fsp3) is 0.600. The third kappa shape index (κ3) is 4.12. The second-order valence-electron chi connectivity index (χ2n) is 3.33. The van der Waals surface area contributed by atoms with Crippen LogP contribution in [0.25, 0.3) is 0 Å². The average molecular weight is 210 g/mol. The molecule has 0 bridgehead atoms. The van der Waals surface area contributed by atoms with Gasteiger partial charge < -0.3 is 15.2 Å². The molecule has 1 amide bonds. The third-order valence-electron chi connectivity index (χ3n) is 2.11. The van der Waals surface area contributed by atoms with Gasteiger partial charge in [-0.3, -0.25) is 4.79 Å². The summed E-state index contributed by atoms with van der Waals surface area (Å²) < 4.78 is 1.96. The largest absolute Gasteiger partial charge is 0.356 e. The zero-order chi connectivity index (χ0) is 11.1. The van der Waals surface area contributed by atoms with E-state index in [-0.39, 0.29) is 5.91 Å². The Labute approximate surface area is 89.9 Å². The van der Waals surface area contributed by atoms with Crippen LogP contribution in [0.15, 0.2) is 12.4 Å². The number of nitrogens with one attached hydrogen (secondary N) is 2. The van der Waals surface area contributed by atoms with Crippen LogP contribution >= 0.6 is 0 Å². The zero-order valence-corrected chi connectivity index (χ0v) is 9.29. The first-order valence-electron chi connectivity index (χ1n) is 5.17. The van der Waals surface area contributed by atoms with Crippen LogP contribution in [0.5, 0.6) is 0 Å². The lowest BCUT2D eigenvalue weighted by atomic mass is 10.4. The van der Waals surface area contributed by atoms with Crippen LogP contribution in [0, 0.1) is 0 Å². The Morgan fingerprint density at radius 2 is 2.40 bits per heavy atom. The molecule has 0 saturated heterocycles. The molecule has 5 heteroatoms. The first-order chi connectivity index (χ1) is 7.24. The number of rotatable bonds is 6. The maximum Gasteiger partial charge on any atom is 0.221 e. The number of imidazole rings is 1. The van der Waals surface area contributed by atoms with E-state index < -0.39 is 0 Å². The van der Waals surface area contributed by atoms with Gasteiger partial charge >= 0.3 is 0 Å². The molecule has 0 saturated carbocycles. The van der Waals surface area contributed by atoms with Crippen LogP contribution in [0.2, 0.25) is 0 Å². The summed E-state index contributed by atoms with van der Waals surface area (Å²) in [6, 6.07) is 0. The van der Waals surface area contributed by atoms with Crippen molar-refractivity contribution in [3.05, 3.63) is 18.2 Å². The molecule has 0 aliphatic carbocycles. The highest BCUT2D eigenvalue weighted by Gasteiger charge is 2.00. The molecule has 0 spiro atoms.